The number of nitrogens with zero attached hydrogens (tertiary/aromatic N) is 1. The van der Waals surface area contributed by atoms with E-state index in [1.807, 2.05) is 22.6 Å². The molecule has 1 aliphatic heterocycles. The fourth-order valence-corrected chi connectivity index (χ4v) is 5.78. The Kier molecular flexibility index (Phi) is 7.56. The molecule has 37 heavy (non-hydrogen) atoms. The predicted octanol–water partition coefficient (Wildman–Crippen LogP) is 5.07. The van der Waals surface area contributed by atoms with Gasteiger partial charge in [-0.1, -0.05) is 0 Å². The first kappa shape index (κ1) is 27.0. The highest BCUT2D eigenvalue weighted by molar-refractivity contribution is 14.1. The van der Waals surface area contributed by atoms with Gasteiger partial charge in [-0.3, -0.25) is 9.59 Å². The van der Waals surface area contributed by atoms with Crippen molar-refractivity contribution >= 4 is 40.1 Å². The molecule has 3 aromatic carbocycles. The van der Waals surface area contributed by atoms with Gasteiger partial charge in [-0.05, 0) is 72.3 Å². The number of rotatable bonds is 7. The summed E-state index contributed by atoms with van der Waals surface area (Å²) in [4.78, 5) is 27.8. The zero-order valence-electron chi connectivity index (χ0n) is 19.5. The maximum atomic E-state index is 14.0. The molecule has 11 heteroatoms. The zero-order chi connectivity index (χ0) is 27.1. The summed E-state index contributed by atoms with van der Waals surface area (Å²) in [5.74, 6) is -5.99. The largest absolute Gasteiger partial charge is 0.348 e. The summed E-state index contributed by atoms with van der Waals surface area (Å²) in [6, 6.07) is 6.95. The summed E-state index contributed by atoms with van der Waals surface area (Å²) in [5, 5.41) is 2.40. The summed E-state index contributed by atoms with van der Waals surface area (Å²) >= 11 is 1.98. The zero-order valence-corrected chi connectivity index (χ0v) is 21.6. The van der Waals surface area contributed by atoms with Crippen LogP contribution in [-0.4, -0.2) is 18.4 Å². The third-order valence-electron chi connectivity index (χ3n) is 6.33. The molecule has 1 atom stereocenters. The Morgan fingerprint density at radius 1 is 0.973 bits per heavy atom. The monoisotopic (exact) mass is 629 g/mol. The molecule has 3 aromatic rings. The standard InChI is InChI=1S/C26H21F5IN3O2/c1-26(2-3-33)23-21(32)6-14(24(36)34-11-18-19(30)9-17(29)10-20(18)31)7-22(23)35(25(26)37)12-13-4-15(27)8-16(28)5-13/h4-10H,2-3,11-12,33H2,1H3,(H,34,36). The third-order valence-corrected chi connectivity index (χ3v) is 7.18. The normalized spacial score (nSPS) is 16.8. The Morgan fingerprint density at radius 3 is 2.16 bits per heavy atom. The third kappa shape index (κ3) is 5.19. The van der Waals surface area contributed by atoms with Crippen molar-refractivity contribution in [3.05, 3.63) is 97.4 Å². The van der Waals surface area contributed by atoms with Crippen LogP contribution in [0, 0.1) is 32.7 Å². The fraction of sp³-hybridized carbons (Fsp3) is 0.231. The van der Waals surface area contributed by atoms with E-state index in [0.717, 1.165) is 18.2 Å². The van der Waals surface area contributed by atoms with Crippen LogP contribution >= 0.6 is 22.6 Å². The molecular weight excluding hydrogens is 608 g/mol. The molecule has 0 bridgehead atoms. The Hall–Kier alpha value is -3.06. The second-order valence-electron chi connectivity index (χ2n) is 8.92. The first-order valence-corrected chi connectivity index (χ1v) is 12.2. The first-order valence-electron chi connectivity index (χ1n) is 11.2. The topological polar surface area (TPSA) is 75.4 Å². The van der Waals surface area contributed by atoms with Gasteiger partial charge in [0.25, 0.3) is 5.91 Å². The minimum absolute atomic E-state index is 0.0892. The van der Waals surface area contributed by atoms with Crippen molar-refractivity contribution in [3.63, 3.8) is 0 Å². The van der Waals surface area contributed by atoms with E-state index >= 15 is 0 Å². The highest BCUT2D eigenvalue weighted by Crippen LogP contribution is 2.47. The summed E-state index contributed by atoms with van der Waals surface area (Å²) in [7, 11) is 0. The van der Waals surface area contributed by atoms with Gasteiger partial charge in [0.05, 0.1) is 17.6 Å². The van der Waals surface area contributed by atoms with E-state index in [9.17, 15) is 31.5 Å². The Bertz CT molecular complexity index is 1370. The molecule has 0 spiro atoms. The van der Waals surface area contributed by atoms with Crippen molar-refractivity contribution in [2.75, 3.05) is 11.4 Å². The molecule has 0 saturated carbocycles. The van der Waals surface area contributed by atoms with Crippen LogP contribution < -0.4 is 16.0 Å². The van der Waals surface area contributed by atoms with Crippen LogP contribution in [-0.2, 0) is 23.3 Å². The Balaban J connectivity index is 1.70. The molecule has 0 aromatic heterocycles. The highest BCUT2D eigenvalue weighted by atomic mass is 127. The molecule has 0 saturated heterocycles. The molecule has 1 unspecified atom stereocenters. The lowest BCUT2D eigenvalue weighted by atomic mass is 9.80. The van der Waals surface area contributed by atoms with Crippen molar-refractivity contribution < 1.29 is 31.5 Å². The van der Waals surface area contributed by atoms with E-state index < -0.39 is 52.5 Å². The fourth-order valence-electron chi connectivity index (χ4n) is 4.57. The van der Waals surface area contributed by atoms with Gasteiger partial charge in [-0.15, -0.1) is 0 Å². The maximum absolute atomic E-state index is 14.0. The minimum atomic E-state index is -1.14. The smallest absolute Gasteiger partial charge is 0.251 e. The predicted molar refractivity (Wildman–Crippen MR) is 135 cm³/mol. The van der Waals surface area contributed by atoms with Crippen LogP contribution in [0.4, 0.5) is 27.6 Å². The maximum Gasteiger partial charge on any atom is 0.251 e. The van der Waals surface area contributed by atoms with Crippen molar-refractivity contribution in [2.24, 2.45) is 5.73 Å². The molecule has 1 aliphatic rings. The number of fused-ring (bicyclic) bond motifs is 1. The number of nitrogens with two attached hydrogens (primary N) is 1. The lowest BCUT2D eigenvalue weighted by Crippen LogP contribution is -2.39. The lowest BCUT2D eigenvalue weighted by molar-refractivity contribution is -0.123. The number of carbonyl (C=O) groups is 2. The van der Waals surface area contributed by atoms with Gasteiger partial charge >= 0.3 is 0 Å². The highest BCUT2D eigenvalue weighted by Gasteiger charge is 2.48. The van der Waals surface area contributed by atoms with Crippen LogP contribution in [0.2, 0.25) is 0 Å². The van der Waals surface area contributed by atoms with Gasteiger partial charge < -0.3 is 16.0 Å². The Labute approximate surface area is 223 Å². The summed E-state index contributed by atoms with van der Waals surface area (Å²) in [5.41, 5.74) is 5.52. The molecular formula is C26H21F5IN3O2. The molecule has 2 amide bonds. The number of nitrogens with one attached hydrogen (secondary N) is 1. The lowest BCUT2D eigenvalue weighted by Gasteiger charge is -2.24. The van der Waals surface area contributed by atoms with Crippen LogP contribution in [0.5, 0.6) is 0 Å². The second-order valence-corrected chi connectivity index (χ2v) is 10.1. The van der Waals surface area contributed by atoms with Crippen LogP contribution in [0.15, 0.2) is 42.5 Å². The molecule has 3 N–H and O–H groups in total. The average Bonchev–Trinajstić information content (AvgIpc) is 2.99. The number of amides is 2. The summed E-state index contributed by atoms with van der Waals surface area (Å²) < 4.78 is 69.3. The van der Waals surface area contributed by atoms with Gasteiger partial charge in [0.2, 0.25) is 5.91 Å². The van der Waals surface area contributed by atoms with E-state index in [0.29, 0.717) is 27.0 Å². The molecule has 1 heterocycles. The van der Waals surface area contributed by atoms with Crippen LogP contribution in [0.3, 0.4) is 0 Å². The summed E-state index contributed by atoms with van der Waals surface area (Å²) in [6.07, 6.45) is 0.289. The second kappa shape index (κ2) is 10.4. The number of hydrogen-bond donors (Lipinski definition) is 2. The molecule has 0 radical (unpaired) electrons. The molecule has 194 valence electrons. The minimum Gasteiger partial charge on any atom is -0.348 e. The SMILES string of the molecule is CC1(CCN)C(=O)N(Cc2cc(F)cc(F)c2)c2cc(C(=O)NCc3c(F)cc(F)cc3F)cc(I)c21. The van der Waals surface area contributed by atoms with E-state index in [-0.39, 0.29) is 36.5 Å². The molecule has 4 rings (SSSR count). The van der Waals surface area contributed by atoms with Gasteiger partial charge in [0, 0.05) is 45.0 Å². The van der Waals surface area contributed by atoms with Gasteiger partial charge in [-0.25, -0.2) is 22.0 Å². The van der Waals surface area contributed by atoms with Gasteiger partial charge in [-0.2, -0.15) is 0 Å². The summed E-state index contributed by atoms with van der Waals surface area (Å²) in [6.45, 7) is 1.21. The van der Waals surface area contributed by atoms with Gasteiger partial charge in [0.15, 0.2) is 0 Å². The number of halogens is 6. The molecule has 5 nitrogen and oxygen atoms in total. The number of carbonyl (C=O) groups excluding carboxylic acids is 2. The van der Waals surface area contributed by atoms with Crippen LogP contribution in [0.1, 0.15) is 40.4 Å². The quantitative estimate of drug-likeness (QED) is 0.283. The van der Waals surface area contributed by atoms with Crippen molar-refractivity contribution in [3.8, 4) is 0 Å². The van der Waals surface area contributed by atoms with Crippen molar-refractivity contribution in [1.29, 1.82) is 0 Å². The van der Waals surface area contributed by atoms with Crippen molar-refractivity contribution in [1.82, 2.24) is 5.32 Å². The Morgan fingerprint density at radius 2 is 1.57 bits per heavy atom. The van der Waals surface area contributed by atoms with E-state index in [4.69, 9.17) is 5.73 Å². The van der Waals surface area contributed by atoms with E-state index in [2.05, 4.69) is 5.32 Å². The molecule has 0 fully saturated rings. The average molecular weight is 629 g/mol. The first-order chi connectivity index (χ1) is 17.4. The number of hydrogen-bond acceptors (Lipinski definition) is 3. The van der Waals surface area contributed by atoms with Gasteiger partial charge in [0.1, 0.15) is 29.1 Å². The van der Waals surface area contributed by atoms with Crippen molar-refractivity contribution in [2.45, 2.75) is 31.8 Å². The van der Waals surface area contributed by atoms with E-state index in [1.165, 1.54) is 17.0 Å². The number of anilines is 1. The number of benzene rings is 3. The van der Waals surface area contributed by atoms with Crippen LogP contribution in [0.25, 0.3) is 0 Å². The van der Waals surface area contributed by atoms with E-state index in [1.54, 1.807) is 6.92 Å². The molecule has 0 aliphatic carbocycles.